The standard InChI is InChI=1S/2C46H30N2.C45H29N3/c1-3-13-33(14-4-1)44-30-45(34-15-5-2-6-16-34)48-46(47-44)42-22-12-7-17-36(42)32-25-23-31(24-26-32)35-27-28-41-39-20-9-8-18-37(39)38-19-10-11-21-40(38)43(41)29-35;1-2-8-40(38-28-36(32-19-23-47-24-20-32)27-37(29-38)33-21-25-48-26-22-33)39(7-1)34-15-13-31(14-16-34)35-17-18-45-43-11-4-3-9-41(43)42-10-5-6-12-44(42)46(45)30-35;1-3-13-32(14-4-1)43-46-44(33-15-5-2-6-16-33)48-45(47-43)41-22-12-7-17-35(41)31-25-23-30(24-26-31)34-27-28-40-38-20-9-8-18-36(38)37-19-10-11-21-39(37)42(40)29-34/h2*1-30H;1-29H. The molecule has 0 amide bonds. The van der Waals surface area contributed by atoms with E-state index in [4.69, 9.17) is 24.9 Å². The molecule has 0 aliphatic carbocycles. The van der Waals surface area contributed by atoms with Crippen molar-refractivity contribution in [3.05, 3.63) is 540 Å². The van der Waals surface area contributed by atoms with Gasteiger partial charge >= 0.3 is 0 Å². The summed E-state index contributed by atoms with van der Waals surface area (Å²) in [4.78, 5) is 33.6. The third-order valence-electron chi connectivity index (χ3n) is 27.9. The maximum absolute atomic E-state index is 5.11. The van der Waals surface area contributed by atoms with Crippen LogP contribution in [-0.4, -0.2) is 34.9 Å². The van der Waals surface area contributed by atoms with Gasteiger partial charge in [-0.25, -0.2) is 24.9 Å². The summed E-state index contributed by atoms with van der Waals surface area (Å²) in [5, 5.41) is 23.2. The first-order valence-corrected chi connectivity index (χ1v) is 48.8. The molecule has 0 aliphatic heterocycles. The van der Waals surface area contributed by atoms with Gasteiger partial charge in [-0.2, -0.15) is 0 Å². The van der Waals surface area contributed by atoms with Gasteiger partial charge in [0, 0.05) is 58.2 Å². The summed E-state index contributed by atoms with van der Waals surface area (Å²) in [6.07, 6.45) is 7.40. The van der Waals surface area contributed by atoms with E-state index in [9.17, 15) is 0 Å². The molecule has 672 valence electrons. The van der Waals surface area contributed by atoms with Gasteiger partial charge in [0.15, 0.2) is 23.3 Å². The Kier molecular flexibility index (Phi) is 23.0. The molecule has 0 spiro atoms. The Balaban J connectivity index is 0.000000113. The molecule has 0 bridgehead atoms. The molecule has 27 rings (SSSR count). The molecular weight excluding hydrogens is 1740 g/mol. The molecule has 144 heavy (non-hydrogen) atoms. The molecule has 0 N–H and O–H groups in total. The fourth-order valence-electron chi connectivity index (χ4n) is 20.9. The number of fused-ring (bicyclic) bond motifs is 18. The van der Waals surface area contributed by atoms with Crippen LogP contribution < -0.4 is 0 Å². The summed E-state index contributed by atoms with van der Waals surface area (Å²) in [6.45, 7) is 0. The number of nitrogens with zero attached hydrogens (tertiary/aromatic N) is 7. The van der Waals surface area contributed by atoms with Crippen molar-refractivity contribution in [2.45, 2.75) is 0 Å². The van der Waals surface area contributed by atoms with Crippen LogP contribution in [0.1, 0.15) is 0 Å². The van der Waals surface area contributed by atoms with E-state index >= 15 is 0 Å². The molecule has 4 heterocycles. The minimum absolute atomic E-state index is 0.649. The van der Waals surface area contributed by atoms with Crippen LogP contribution in [0.2, 0.25) is 0 Å². The highest BCUT2D eigenvalue weighted by atomic mass is 15.0. The average Bonchev–Trinajstić information content (AvgIpc) is 0.746. The lowest BCUT2D eigenvalue weighted by Crippen LogP contribution is -2.01. The van der Waals surface area contributed by atoms with E-state index in [1.807, 2.05) is 104 Å². The summed E-state index contributed by atoms with van der Waals surface area (Å²) in [7, 11) is 0. The Hall–Kier alpha value is -19.2. The van der Waals surface area contributed by atoms with Crippen LogP contribution in [-0.2, 0) is 0 Å². The molecule has 27 aromatic rings. The molecule has 0 saturated heterocycles. The zero-order valence-electron chi connectivity index (χ0n) is 78.5. The number of aromatic nitrogens is 7. The summed E-state index contributed by atoms with van der Waals surface area (Å²) in [6, 6.07) is 183. The molecule has 23 aromatic carbocycles. The summed E-state index contributed by atoms with van der Waals surface area (Å²) in [5.41, 5.74) is 28.7. The van der Waals surface area contributed by atoms with Crippen molar-refractivity contribution in [2.75, 3.05) is 0 Å². The van der Waals surface area contributed by atoms with E-state index in [0.29, 0.717) is 23.3 Å². The van der Waals surface area contributed by atoms with E-state index in [-0.39, 0.29) is 0 Å². The summed E-state index contributed by atoms with van der Waals surface area (Å²) >= 11 is 0. The molecule has 7 nitrogen and oxygen atoms in total. The lowest BCUT2D eigenvalue weighted by Gasteiger charge is -2.15. The van der Waals surface area contributed by atoms with Crippen molar-refractivity contribution in [1.29, 1.82) is 0 Å². The minimum atomic E-state index is 0.649. The van der Waals surface area contributed by atoms with Crippen LogP contribution in [0.25, 0.3) is 265 Å². The Labute approximate surface area is 834 Å². The lowest BCUT2D eigenvalue weighted by atomic mass is 9.89. The SMILES string of the molecule is c1ccc(-c2cc(-c3ccccc3)nc(-c3ccccc3-c3ccc(-c4ccc5c6ccccc6c6ccccc6c5c4)cc3)n2)cc1.c1ccc(-c2cc(-c3ccncc3)cc(-c3ccncc3)c2)c(-c2ccc(-c3ccc4c5ccccc5c5ccccc5c4c3)cc2)c1.c1ccc(-c2nc(-c3ccccc3)nc(-c3ccccc3-c3ccc(-c4ccc5c6ccccc6c6ccccc6c5c4)cc3)n2)cc1. The highest BCUT2D eigenvalue weighted by molar-refractivity contribution is 6.28. The van der Waals surface area contributed by atoms with E-state index in [2.05, 4.69) is 447 Å². The number of benzene rings is 23. The fourth-order valence-corrected chi connectivity index (χ4v) is 20.9. The first-order valence-electron chi connectivity index (χ1n) is 48.8. The maximum Gasteiger partial charge on any atom is 0.164 e. The largest absolute Gasteiger partial charge is 0.265 e. The van der Waals surface area contributed by atoms with Crippen LogP contribution in [0.15, 0.2) is 540 Å². The van der Waals surface area contributed by atoms with Gasteiger partial charge in [0.05, 0.1) is 11.4 Å². The molecule has 4 aromatic heterocycles. The zero-order valence-corrected chi connectivity index (χ0v) is 78.5. The van der Waals surface area contributed by atoms with Gasteiger partial charge in [0.2, 0.25) is 0 Å². The van der Waals surface area contributed by atoms with Crippen molar-refractivity contribution in [3.63, 3.8) is 0 Å². The molecule has 0 fully saturated rings. The maximum atomic E-state index is 5.11. The van der Waals surface area contributed by atoms with Gasteiger partial charge in [-0.15, -0.1) is 0 Å². The van der Waals surface area contributed by atoms with Gasteiger partial charge in [-0.3, -0.25) is 9.97 Å². The second-order valence-corrected chi connectivity index (χ2v) is 36.4. The van der Waals surface area contributed by atoms with Gasteiger partial charge in [0.1, 0.15) is 0 Å². The lowest BCUT2D eigenvalue weighted by molar-refractivity contribution is 1.07. The molecule has 0 aliphatic rings. The molecule has 0 radical (unpaired) electrons. The Bertz CT molecular complexity index is 8370. The van der Waals surface area contributed by atoms with Crippen molar-refractivity contribution in [2.24, 2.45) is 0 Å². The van der Waals surface area contributed by atoms with Crippen LogP contribution in [0.4, 0.5) is 0 Å². The summed E-state index contributed by atoms with van der Waals surface area (Å²) < 4.78 is 0. The van der Waals surface area contributed by atoms with Crippen molar-refractivity contribution >= 4 is 97.0 Å². The monoisotopic (exact) mass is 1830 g/mol. The second-order valence-electron chi connectivity index (χ2n) is 36.4. The first-order chi connectivity index (χ1) is 71.4. The Morgan fingerprint density at radius 2 is 0.299 bits per heavy atom. The predicted molar refractivity (Wildman–Crippen MR) is 603 cm³/mol. The van der Waals surface area contributed by atoms with E-state index in [1.54, 1.807) is 0 Å². The Morgan fingerprint density at radius 1 is 0.0972 bits per heavy atom. The first kappa shape index (κ1) is 86.4. The highest BCUT2D eigenvalue weighted by Gasteiger charge is 2.22. The number of pyridine rings is 2. The quantitative estimate of drug-likeness (QED) is 0.0945. The minimum Gasteiger partial charge on any atom is -0.265 e. The predicted octanol–water partition coefficient (Wildman–Crippen LogP) is 36.2. The van der Waals surface area contributed by atoms with Crippen LogP contribution in [0.5, 0.6) is 0 Å². The molecular formula is C137H89N7. The third kappa shape index (κ3) is 16.8. The fraction of sp³-hybridized carbons (Fsp3) is 0. The van der Waals surface area contributed by atoms with E-state index in [1.165, 1.54) is 153 Å². The molecule has 0 unspecified atom stereocenters. The highest BCUT2D eigenvalue weighted by Crippen LogP contribution is 2.46. The topological polar surface area (TPSA) is 90.2 Å². The van der Waals surface area contributed by atoms with Crippen molar-refractivity contribution in [1.82, 2.24) is 34.9 Å². The summed E-state index contributed by atoms with van der Waals surface area (Å²) in [5.74, 6) is 2.67. The average molecular weight is 1830 g/mol. The third-order valence-corrected chi connectivity index (χ3v) is 27.9. The van der Waals surface area contributed by atoms with Gasteiger partial charge < -0.3 is 0 Å². The second kappa shape index (κ2) is 38.3. The molecule has 0 atom stereocenters. The van der Waals surface area contributed by atoms with Gasteiger partial charge in [0.25, 0.3) is 0 Å². The molecule has 0 saturated carbocycles. The zero-order chi connectivity index (χ0) is 95.6. The van der Waals surface area contributed by atoms with Crippen LogP contribution in [0, 0.1) is 0 Å². The smallest absolute Gasteiger partial charge is 0.164 e. The number of rotatable bonds is 15. The normalized spacial score (nSPS) is 11.3. The number of hydrogen-bond acceptors (Lipinski definition) is 7. The van der Waals surface area contributed by atoms with E-state index < -0.39 is 0 Å². The van der Waals surface area contributed by atoms with Crippen molar-refractivity contribution < 1.29 is 0 Å². The Morgan fingerprint density at radius 3 is 0.597 bits per heavy atom. The van der Waals surface area contributed by atoms with E-state index in [0.717, 1.165) is 89.3 Å². The number of hydrogen-bond donors (Lipinski definition) is 0. The van der Waals surface area contributed by atoms with Crippen LogP contribution in [0.3, 0.4) is 0 Å². The van der Waals surface area contributed by atoms with Gasteiger partial charge in [-0.1, -0.05) is 449 Å². The van der Waals surface area contributed by atoms with Crippen LogP contribution >= 0.6 is 0 Å². The van der Waals surface area contributed by atoms with Gasteiger partial charge in [-0.05, 0) is 264 Å². The molecule has 7 heteroatoms. The van der Waals surface area contributed by atoms with Crippen molar-refractivity contribution in [3.8, 4) is 168 Å².